The summed E-state index contributed by atoms with van der Waals surface area (Å²) in [6.45, 7) is 1.92. The minimum atomic E-state index is -0.338. The summed E-state index contributed by atoms with van der Waals surface area (Å²) in [7, 11) is 0. The molecule has 1 aliphatic heterocycles. The molecule has 1 N–H and O–H groups in total. The average Bonchev–Trinajstić information content (AvgIpc) is 2.85. The van der Waals surface area contributed by atoms with Gasteiger partial charge < -0.3 is 19.7 Å². The molecule has 2 amide bonds. The molecule has 4 rings (SSSR count). The number of benzene rings is 3. The molecule has 1 heterocycles. The first-order valence-corrected chi connectivity index (χ1v) is 10.5. The molecular weight excluding hydrogens is 404 g/mol. The molecule has 6 nitrogen and oxygen atoms in total. The number of nitrogens with one attached hydrogen (secondary N) is 1. The Bertz CT molecular complexity index is 1090. The summed E-state index contributed by atoms with van der Waals surface area (Å²) >= 11 is 0. The maximum atomic E-state index is 13.2. The van der Waals surface area contributed by atoms with E-state index >= 15 is 0 Å². The minimum Gasteiger partial charge on any atom is -0.457 e. The molecule has 0 spiro atoms. The predicted molar refractivity (Wildman–Crippen MR) is 122 cm³/mol. The molecule has 0 aliphatic carbocycles. The van der Waals surface area contributed by atoms with Gasteiger partial charge in [0.25, 0.3) is 11.8 Å². The van der Waals surface area contributed by atoms with Gasteiger partial charge in [0.05, 0.1) is 13.2 Å². The van der Waals surface area contributed by atoms with E-state index in [1.54, 1.807) is 35.2 Å². The van der Waals surface area contributed by atoms with E-state index < -0.39 is 0 Å². The first-order valence-electron chi connectivity index (χ1n) is 10.5. The van der Waals surface area contributed by atoms with Gasteiger partial charge in [-0.1, -0.05) is 48.5 Å². The molecule has 3 aromatic rings. The number of nitrogens with zero attached hydrogens (tertiary/aromatic N) is 1. The Kier molecular flexibility index (Phi) is 6.94. The van der Waals surface area contributed by atoms with Gasteiger partial charge in [-0.2, -0.15) is 0 Å². The van der Waals surface area contributed by atoms with Gasteiger partial charge in [0.1, 0.15) is 17.2 Å². The van der Waals surface area contributed by atoms with Crippen LogP contribution in [0, 0.1) is 0 Å². The topological polar surface area (TPSA) is 67.9 Å². The van der Waals surface area contributed by atoms with Gasteiger partial charge in [-0.05, 0) is 48.0 Å². The smallest absolute Gasteiger partial charge is 0.270 e. The molecule has 6 heteroatoms. The summed E-state index contributed by atoms with van der Waals surface area (Å²) in [5, 5.41) is 2.80. The molecule has 0 saturated carbocycles. The second-order valence-electron chi connectivity index (χ2n) is 7.27. The Hall–Kier alpha value is -3.90. The van der Waals surface area contributed by atoms with Crippen LogP contribution in [0.1, 0.15) is 15.9 Å². The second-order valence-corrected chi connectivity index (χ2v) is 7.27. The molecule has 32 heavy (non-hydrogen) atoms. The van der Waals surface area contributed by atoms with E-state index in [1.807, 2.05) is 60.7 Å². The number of hydrogen-bond acceptors (Lipinski definition) is 4. The Labute approximate surface area is 187 Å². The summed E-state index contributed by atoms with van der Waals surface area (Å²) < 4.78 is 11.3. The van der Waals surface area contributed by atoms with E-state index in [0.717, 1.165) is 11.3 Å². The normalized spacial score (nSPS) is 14.0. The number of ether oxygens (including phenoxy) is 2. The van der Waals surface area contributed by atoms with E-state index in [4.69, 9.17) is 9.47 Å². The van der Waals surface area contributed by atoms with Crippen LogP contribution >= 0.6 is 0 Å². The highest BCUT2D eigenvalue weighted by molar-refractivity contribution is 6.05. The van der Waals surface area contributed by atoms with Gasteiger partial charge in [-0.15, -0.1) is 0 Å². The molecule has 0 bridgehead atoms. The number of rotatable bonds is 6. The van der Waals surface area contributed by atoms with Crippen LogP contribution in [-0.2, 0) is 9.53 Å². The fraction of sp³-hybridized carbons (Fsp3) is 0.154. The largest absolute Gasteiger partial charge is 0.457 e. The lowest BCUT2D eigenvalue weighted by atomic mass is 10.1. The van der Waals surface area contributed by atoms with Gasteiger partial charge in [-0.3, -0.25) is 9.59 Å². The van der Waals surface area contributed by atoms with Crippen molar-refractivity contribution in [2.24, 2.45) is 0 Å². The minimum absolute atomic E-state index is 0.206. The first kappa shape index (κ1) is 21.3. The Morgan fingerprint density at radius 2 is 1.50 bits per heavy atom. The Morgan fingerprint density at radius 1 is 0.844 bits per heavy atom. The molecule has 1 fully saturated rings. The Morgan fingerprint density at radius 3 is 2.22 bits per heavy atom. The van der Waals surface area contributed by atoms with Crippen molar-refractivity contribution in [1.82, 2.24) is 10.2 Å². The highest BCUT2D eigenvalue weighted by Gasteiger charge is 2.22. The molecule has 0 radical (unpaired) electrons. The number of amides is 2. The van der Waals surface area contributed by atoms with Crippen molar-refractivity contribution in [3.63, 3.8) is 0 Å². The number of morpholine rings is 1. The predicted octanol–water partition coefficient (Wildman–Crippen LogP) is 4.11. The van der Waals surface area contributed by atoms with Crippen LogP contribution in [0.25, 0.3) is 6.08 Å². The third-order valence-electron chi connectivity index (χ3n) is 4.96. The molecule has 1 saturated heterocycles. The molecule has 0 atom stereocenters. The zero-order valence-corrected chi connectivity index (χ0v) is 17.6. The van der Waals surface area contributed by atoms with Crippen molar-refractivity contribution < 1.29 is 19.1 Å². The van der Waals surface area contributed by atoms with E-state index in [9.17, 15) is 9.59 Å². The van der Waals surface area contributed by atoms with E-state index in [1.165, 1.54) is 0 Å². The molecule has 3 aromatic carbocycles. The van der Waals surface area contributed by atoms with Crippen molar-refractivity contribution in [3.05, 3.63) is 102 Å². The van der Waals surface area contributed by atoms with Crippen LogP contribution in [0.3, 0.4) is 0 Å². The van der Waals surface area contributed by atoms with Crippen LogP contribution < -0.4 is 10.1 Å². The summed E-state index contributed by atoms with van der Waals surface area (Å²) in [5.74, 6) is 0.773. The fourth-order valence-corrected chi connectivity index (χ4v) is 3.33. The third kappa shape index (κ3) is 5.62. The van der Waals surface area contributed by atoms with Crippen LogP contribution in [-0.4, -0.2) is 43.0 Å². The second kappa shape index (κ2) is 10.4. The number of hydrogen-bond donors (Lipinski definition) is 1. The SMILES string of the molecule is O=C(N/C(=C/c1cccc(Oc2ccccc2)c1)C(=O)N1CCOCC1)c1ccccc1. The van der Waals surface area contributed by atoms with Crippen molar-refractivity contribution in [2.75, 3.05) is 26.3 Å². The van der Waals surface area contributed by atoms with Gasteiger partial charge >= 0.3 is 0 Å². The number of para-hydroxylation sites is 1. The third-order valence-corrected chi connectivity index (χ3v) is 4.96. The molecule has 0 unspecified atom stereocenters. The summed E-state index contributed by atoms with van der Waals surface area (Å²) in [4.78, 5) is 27.7. The molecule has 162 valence electrons. The molecular formula is C26H24N2O4. The van der Waals surface area contributed by atoms with Gasteiger partial charge in [-0.25, -0.2) is 0 Å². The van der Waals surface area contributed by atoms with Gasteiger partial charge in [0.15, 0.2) is 0 Å². The van der Waals surface area contributed by atoms with Crippen LogP contribution in [0.4, 0.5) is 0 Å². The maximum absolute atomic E-state index is 13.2. The number of carbonyl (C=O) groups excluding carboxylic acids is 2. The lowest BCUT2D eigenvalue weighted by Crippen LogP contribution is -2.44. The lowest BCUT2D eigenvalue weighted by molar-refractivity contribution is -0.131. The summed E-state index contributed by atoms with van der Waals surface area (Å²) in [6.07, 6.45) is 1.68. The standard InChI is InChI=1S/C26H24N2O4/c29-25(21-9-3-1-4-10-21)27-24(26(30)28-14-16-31-17-15-28)19-20-8-7-13-23(18-20)32-22-11-5-2-6-12-22/h1-13,18-19H,14-17H2,(H,27,29)/b24-19+. The zero-order valence-electron chi connectivity index (χ0n) is 17.6. The van der Waals surface area contributed by atoms with Crippen molar-refractivity contribution in [2.45, 2.75) is 0 Å². The zero-order chi connectivity index (χ0) is 22.2. The van der Waals surface area contributed by atoms with Crippen LogP contribution in [0.5, 0.6) is 11.5 Å². The summed E-state index contributed by atoms with van der Waals surface area (Å²) in [6, 6.07) is 25.7. The highest BCUT2D eigenvalue weighted by atomic mass is 16.5. The number of carbonyl (C=O) groups is 2. The lowest BCUT2D eigenvalue weighted by Gasteiger charge is -2.27. The Balaban J connectivity index is 1.60. The van der Waals surface area contributed by atoms with Crippen molar-refractivity contribution >= 4 is 17.9 Å². The monoisotopic (exact) mass is 428 g/mol. The fourth-order valence-electron chi connectivity index (χ4n) is 3.33. The van der Waals surface area contributed by atoms with Crippen molar-refractivity contribution in [1.29, 1.82) is 0 Å². The maximum Gasteiger partial charge on any atom is 0.270 e. The van der Waals surface area contributed by atoms with Crippen LogP contribution in [0.2, 0.25) is 0 Å². The first-order chi connectivity index (χ1) is 15.7. The molecule has 1 aliphatic rings. The van der Waals surface area contributed by atoms with E-state index in [-0.39, 0.29) is 17.5 Å². The quantitative estimate of drug-likeness (QED) is 0.600. The van der Waals surface area contributed by atoms with E-state index in [0.29, 0.717) is 37.6 Å². The highest BCUT2D eigenvalue weighted by Crippen LogP contribution is 2.23. The van der Waals surface area contributed by atoms with E-state index in [2.05, 4.69) is 5.32 Å². The molecule has 0 aromatic heterocycles. The van der Waals surface area contributed by atoms with Gasteiger partial charge in [0, 0.05) is 18.7 Å². The van der Waals surface area contributed by atoms with Crippen LogP contribution in [0.15, 0.2) is 90.6 Å². The average molecular weight is 428 g/mol. The van der Waals surface area contributed by atoms with Gasteiger partial charge in [0.2, 0.25) is 0 Å². The summed E-state index contributed by atoms with van der Waals surface area (Å²) in [5.41, 5.74) is 1.43. The van der Waals surface area contributed by atoms with Crippen molar-refractivity contribution in [3.8, 4) is 11.5 Å².